The number of nitrogens with zero attached hydrogens (tertiary/aromatic N) is 1. The second kappa shape index (κ2) is 10.1. The number of benzene rings is 2. The van der Waals surface area contributed by atoms with E-state index in [4.69, 9.17) is 16.3 Å². The maximum Gasteiger partial charge on any atom is 0.412 e. The van der Waals surface area contributed by atoms with Crippen molar-refractivity contribution in [2.45, 2.75) is 57.2 Å². The summed E-state index contributed by atoms with van der Waals surface area (Å²) in [4.78, 5) is 26.6. The average Bonchev–Trinajstić information content (AvgIpc) is 3.10. The van der Waals surface area contributed by atoms with E-state index in [2.05, 4.69) is 21.2 Å². The first kappa shape index (κ1) is 26.2. The number of carboxylic acid groups (broad SMARTS) is 1. The molecule has 1 heterocycles. The van der Waals surface area contributed by atoms with Gasteiger partial charge in [-0.1, -0.05) is 41.9 Å². The molecule has 0 aliphatic carbocycles. The topological polar surface area (TPSA) is 99.1 Å². The lowest BCUT2D eigenvalue weighted by Gasteiger charge is -2.44. The highest BCUT2D eigenvalue weighted by Gasteiger charge is 2.55. The standard InChI is InChI=1S/C24H27BrClFN2O5/c1-23(2,3)34-21(31)28-18(10-7-11-30)24(14-8-5-4-6-9-14)13-15-17(29(24)22(32)33)12-16(27)20(26)19(15)25/h4-6,8-9,12,18,30H,7,10-11,13H2,1-3H3,(H,28,31)(H,32,33)/t18?,24-/m0/s1. The minimum atomic E-state index is -1.36. The normalized spacial score (nSPS) is 18.4. The highest BCUT2D eigenvalue weighted by Crippen LogP contribution is 2.52. The van der Waals surface area contributed by atoms with Crippen molar-refractivity contribution in [2.75, 3.05) is 11.5 Å². The molecule has 3 N–H and O–H groups in total. The molecule has 2 amide bonds. The number of fused-ring (bicyclic) bond motifs is 1. The molecular weight excluding hydrogens is 531 g/mol. The van der Waals surface area contributed by atoms with Crippen molar-refractivity contribution in [1.29, 1.82) is 0 Å². The minimum Gasteiger partial charge on any atom is -0.465 e. The maximum atomic E-state index is 14.6. The third kappa shape index (κ3) is 5.01. The van der Waals surface area contributed by atoms with Crippen LogP contribution < -0.4 is 10.2 Å². The number of alkyl carbamates (subject to hydrolysis) is 1. The van der Waals surface area contributed by atoms with Gasteiger partial charge in [0, 0.05) is 17.5 Å². The van der Waals surface area contributed by atoms with E-state index >= 15 is 0 Å². The molecule has 1 aliphatic heterocycles. The second-order valence-electron chi connectivity index (χ2n) is 9.13. The van der Waals surface area contributed by atoms with E-state index in [1.807, 2.05) is 0 Å². The maximum absolute atomic E-state index is 14.6. The summed E-state index contributed by atoms with van der Waals surface area (Å²) in [5.41, 5.74) is -0.920. The van der Waals surface area contributed by atoms with Gasteiger partial charge in [-0.3, -0.25) is 4.90 Å². The van der Waals surface area contributed by atoms with Gasteiger partial charge < -0.3 is 20.3 Å². The Morgan fingerprint density at radius 1 is 1.32 bits per heavy atom. The van der Waals surface area contributed by atoms with E-state index in [1.54, 1.807) is 51.1 Å². The molecule has 0 saturated heterocycles. The van der Waals surface area contributed by atoms with Crippen molar-refractivity contribution in [2.24, 2.45) is 0 Å². The number of carbonyl (C=O) groups excluding carboxylic acids is 1. The van der Waals surface area contributed by atoms with Crippen LogP contribution >= 0.6 is 27.5 Å². The largest absolute Gasteiger partial charge is 0.465 e. The molecule has 34 heavy (non-hydrogen) atoms. The van der Waals surface area contributed by atoms with Crippen LogP contribution in [0, 0.1) is 5.82 Å². The number of anilines is 1. The summed E-state index contributed by atoms with van der Waals surface area (Å²) in [6, 6.07) is 9.11. The van der Waals surface area contributed by atoms with Crippen molar-refractivity contribution in [1.82, 2.24) is 5.32 Å². The molecule has 0 spiro atoms. The fourth-order valence-electron chi connectivity index (χ4n) is 4.44. The molecule has 2 aromatic rings. The number of aliphatic hydroxyl groups is 1. The lowest BCUT2D eigenvalue weighted by molar-refractivity contribution is 0.0465. The molecule has 2 atom stereocenters. The van der Waals surface area contributed by atoms with Crippen LogP contribution in [0.4, 0.5) is 19.7 Å². The lowest BCUT2D eigenvalue weighted by atomic mass is 9.77. The number of amides is 2. The molecule has 10 heteroatoms. The van der Waals surface area contributed by atoms with Crippen LogP contribution in [0.5, 0.6) is 0 Å². The highest BCUT2D eigenvalue weighted by molar-refractivity contribution is 9.10. The minimum absolute atomic E-state index is 0.102. The van der Waals surface area contributed by atoms with Crippen LogP contribution in [0.25, 0.3) is 0 Å². The first-order valence-electron chi connectivity index (χ1n) is 10.8. The number of nitrogens with one attached hydrogen (secondary N) is 1. The second-order valence-corrected chi connectivity index (χ2v) is 10.3. The van der Waals surface area contributed by atoms with Gasteiger partial charge in [0.1, 0.15) is 17.0 Å². The number of rotatable bonds is 6. The van der Waals surface area contributed by atoms with E-state index in [-0.39, 0.29) is 41.1 Å². The van der Waals surface area contributed by atoms with Crippen molar-refractivity contribution < 1.29 is 28.9 Å². The van der Waals surface area contributed by atoms with Gasteiger partial charge >= 0.3 is 12.2 Å². The molecule has 3 rings (SSSR count). The molecule has 0 bridgehead atoms. The van der Waals surface area contributed by atoms with Crippen LogP contribution in [0.2, 0.25) is 5.02 Å². The number of aliphatic hydroxyl groups excluding tert-OH is 1. The van der Waals surface area contributed by atoms with Crippen LogP contribution in [0.3, 0.4) is 0 Å². The predicted molar refractivity (Wildman–Crippen MR) is 131 cm³/mol. The Bertz CT molecular complexity index is 1080. The third-order valence-electron chi connectivity index (χ3n) is 5.71. The van der Waals surface area contributed by atoms with E-state index in [0.717, 1.165) is 11.0 Å². The highest BCUT2D eigenvalue weighted by atomic mass is 79.9. The monoisotopic (exact) mass is 556 g/mol. The summed E-state index contributed by atoms with van der Waals surface area (Å²) in [5.74, 6) is -0.769. The van der Waals surface area contributed by atoms with E-state index in [9.17, 15) is 24.2 Å². The van der Waals surface area contributed by atoms with Crippen LogP contribution in [-0.4, -0.2) is 40.6 Å². The first-order chi connectivity index (χ1) is 15.9. The van der Waals surface area contributed by atoms with Crippen molar-refractivity contribution in [3.05, 3.63) is 62.8 Å². The summed E-state index contributed by atoms with van der Waals surface area (Å²) in [6.45, 7) is 5.00. The smallest absolute Gasteiger partial charge is 0.412 e. The molecule has 0 aromatic heterocycles. The van der Waals surface area contributed by atoms with E-state index in [0.29, 0.717) is 11.1 Å². The van der Waals surface area contributed by atoms with Gasteiger partial charge in [-0.15, -0.1) is 0 Å². The molecule has 2 aromatic carbocycles. The average molecular weight is 558 g/mol. The van der Waals surface area contributed by atoms with Gasteiger partial charge in [0.05, 0.1) is 16.8 Å². The number of hydrogen-bond donors (Lipinski definition) is 3. The van der Waals surface area contributed by atoms with Gasteiger partial charge in [0.15, 0.2) is 0 Å². The summed E-state index contributed by atoms with van der Waals surface area (Å²) < 4.78 is 20.3. The number of hydrogen-bond acceptors (Lipinski definition) is 4. The zero-order valence-electron chi connectivity index (χ0n) is 19.1. The summed E-state index contributed by atoms with van der Waals surface area (Å²) in [7, 11) is 0. The summed E-state index contributed by atoms with van der Waals surface area (Å²) in [5, 5.41) is 22.6. The molecule has 1 unspecified atom stereocenters. The van der Waals surface area contributed by atoms with Gasteiger partial charge in [-0.05, 0) is 66.7 Å². The van der Waals surface area contributed by atoms with Crippen molar-refractivity contribution >= 4 is 45.4 Å². The van der Waals surface area contributed by atoms with Crippen LogP contribution in [0.1, 0.15) is 44.7 Å². The van der Waals surface area contributed by atoms with Gasteiger partial charge in [0.2, 0.25) is 0 Å². The Hall–Kier alpha value is -2.36. The molecule has 0 saturated carbocycles. The number of carbonyl (C=O) groups is 2. The van der Waals surface area contributed by atoms with Gasteiger partial charge in [-0.25, -0.2) is 14.0 Å². The van der Waals surface area contributed by atoms with Crippen molar-refractivity contribution in [3.63, 3.8) is 0 Å². The quantitative estimate of drug-likeness (QED) is 0.387. The Balaban J connectivity index is 2.25. The Morgan fingerprint density at radius 3 is 2.53 bits per heavy atom. The summed E-state index contributed by atoms with van der Waals surface area (Å²) in [6.07, 6.45) is -1.43. The molecular formula is C24H27BrClFN2O5. The molecule has 0 radical (unpaired) electrons. The molecule has 184 valence electrons. The fraction of sp³-hybridized carbons (Fsp3) is 0.417. The third-order valence-corrected chi connectivity index (χ3v) is 7.18. The van der Waals surface area contributed by atoms with E-state index in [1.165, 1.54) is 0 Å². The Kier molecular flexibility index (Phi) is 7.79. The van der Waals surface area contributed by atoms with Gasteiger partial charge in [0.25, 0.3) is 0 Å². The molecule has 1 aliphatic rings. The van der Waals surface area contributed by atoms with Crippen molar-refractivity contribution in [3.8, 4) is 0 Å². The molecule has 0 fully saturated rings. The fourth-order valence-corrected chi connectivity index (χ4v) is 5.14. The summed E-state index contributed by atoms with van der Waals surface area (Å²) >= 11 is 9.47. The Labute approximate surface area is 211 Å². The number of ether oxygens (including phenoxy) is 1. The first-order valence-corrected chi connectivity index (χ1v) is 11.9. The van der Waals surface area contributed by atoms with Gasteiger partial charge in [-0.2, -0.15) is 0 Å². The number of halogens is 3. The molecule has 7 nitrogen and oxygen atoms in total. The zero-order chi connectivity index (χ0) is 25.3. The zero-order valence-corrected chi connectivity index (χ0v) is 21.4. The predicted octanol–water partition coefficient (Wildman–Crippen LogP) is 5.84. The van der Waals surface area contributed by atoms with Crippen LogP contribution in [-0.2, 0) is 16.7 Å². The van der Waals surface area contributed by atoms with E-state index < -0.39 is 35.2 Å². The SMILES string of the molecule is CC(C)(C)OC(=O)NC(CCCO)[C@@]1(c2ccccc2)Cc2c(cc(F)c(Cl)c2Br)N1C(=O)O. The lowest BCUT2D eigenvalue weighted by Crippen LogP contribution is -2.61. The Morgan fingerprint density at radius 2 is 1.97 bits per heavy atom. The van der Waals surface area contributed by atoms with Crippen LogP contribution in [0.15, 0.2) is 40.9 Å².